The number of hydrogen-bond donors (Lipinski definition) is 1. The number of aliphatic hydroxyl groups is 1. The lowest BCUT2D eigenvalue weighted by Crippen LogP contribution is -2.58. The molecular weight excluding hydrogens is 260 g/mol. The molecule has 1 aromatic carbocycles. The molecule has 0 saturated heterocycles. The number of hydrogen-bond acceptors (Lipinski definition) is 3. The molecule has 2 atom stereocenters. The largest absolute Gasteiger partial charge is 0.387 e. The molecule has 3 heteroatoms. The molecule has 1 N–H and O–H groups in total. The Morgan fingerprint density at radius 1 is 1.14 bits per heavy atom. The van der Waals surface area contributed by atoms with E-state index in [1.54, 1.807) is 0 Å². The first-order chi connectivity index (χ1) is 9.85. The maximum absolute atomic E-state index is 10.6. The predicted molar refractivity (Wildman–Crippen MR) is 88.5 cm³/mol. The number of aliphatic hydroxyl groups excluding tert-OH is 1. The standard InChI is InChI=1S/C18H30N2O/c1-14-7-9-16(10-8-14)17(21)15(2)20(5)13-18(19(3)4)11-6-12-18/h7-10,15,17,21H,6,11-13H2,1-5H3. The molecule has 0 bridgehead atoms. The van der Waals surface area contributed by atoms with Gasteiger partial charge in [-0.15, -0.1) is 0 Å². The fourth-order valence-corrected chi connectivity index (χ4v) is 3.22. The lowest BCUT2D eigenvalue weighted by atomic mass is 9.75. The summed E-state index contributed by atoms with van der Waals surface area (Å²) < 4.78 is 0. The van der Waals surface area contributed by atoms with Crippen molar-refractivity contribution in [2.75, 3.05) is 27.7 Å². The summed E-state index contributed by atoms with van der Waals surface area (Å²) in [6, 6.07) is 8.33. The summed E-state index contributed by atoms with van der Waals surface area (Å²) in [4.78, 5) is 4.67. The Morgan fingerprint density at radius 2 is 1.71 bits per heavy atom. The third-order valence-corrected chi connectivity index (χ3v) is 5.35. The highest BCUT2D eigenvalue weighted by atomic mass is 16.3. The van der Waals surface area contributed by atoms with Crippen molar-refractivity contribution < 1.29 is 5.11 Å². The van der Waals surface area contributed by atoms with Gasteiger partial charge in [0.25, 0.3) is 0 Å². The lowest BCUT2D eigenvalue weighted by molar-refractivity contribution is -0.00687. The zero-order chi connectivity index (χ0) is 15.6. The molecule has 21 heavy (non-hydrogen) atoms. The number of aryl methyl sites for hydroxylation is 1. The van der Waals surface area contributed by atoms with Gasteiger partial charge < -0.3 is 10.0 Å². The third kappa shape index (κ3) is 3.47. The fraction of sp³-hybridized carbons (Fsp3) is 0.667. The smallest absolute Gasteiger partial charge is 0.0942 e. The second-order valence-electron chi connectivity index (χ2n) is 6.98. The normalized spacial score (nSPS) is 20.4. The zero-order valence-electron chi connectivity index (χ0n) is 14.1. The van der Waals surface area contributed by atoms with E-state index in [4.69, 9.17) is 0 Å². The van der Waals surface area contributed by atoms with Crippen LogP contribution >= 0.6 is 0 Å². The molecule has 0 aliphatic heterocycles. The van der Waals surface area contributed by atoms with Crippen molar-refractivity contribution in [3.63, 3.8) is 0 Å². The molecule has 0 heterocycles. The molecule has 1 aromatic rings. The van der Waals surface area contributed by atoms with E-state index in [0.717, 1.165) is 12.1 Å². The van der Waals surface area contributed by atoms with Crippen molar-refractivity contribution in [1.82, 2.24) is 9.80 Å². The summed E-state index contributed by atoms with van der Waals surface area (Å²) in [6.45, 7) is 5.21. The molecule has 0 radical (unpaired) electrons. The summed E-state index contributed by atoms with van der Waals surface area (Å²) in [5.74, 6) is 0. The van der Waals surface area contributed by atoms with Crippen LogP contribution in [0.4, 0.5) is 0 Å². The van der Waals surface area contributed by atoms with Crippen LogP contribution in [0, 0.1) is 6.92 Å². The monoisotopic (exact) mass is 290 g/mol. The summed E-state index contributed by atoms with van der Waals surface area (Å²) >= 11 is 0. The van der Waals surface area contributed by atoms with Crippen LogP contribution in [0.2, 0.25) is 0 Å². The van der Waals surface area contributed by atoms with E-state index in [2.05, 4.69) is 56.9 Å². The van der Waals surface area contributed by atoms with E-state index in [-0.39, 0.29) is 6.04 Å². The van der Waals surface area contributed by atoms with Crippen LogP contribution in [-0.2, 0) is 0 Å². The van der Waals surface area contributed by atoms with Gasteiger partial charge in [0.15, 0.2) is 0 Å². The molecule has 0 amide bonds. The quantitative estimate of drug-likeness (QED) is 0.873. The number of nitrogens with zero attached hydrogens (tertiary/aromatic N) is 2. The van der Waals surface area contributed by atoms with Gasteiger partial charge in [0.1, 0.15) is 0 Å². The van der Waals surface area contributed by atoms with Gasteiger partial charge in [0.05, 0.1) is 6.10 Å². The minimum atomic E-state index is -0.435. The summed E-state index contributed by atoms with van der Waals surface area (Å²) in [6.07, 6.45) is 3.41. The Kier molecular flexibility index (Phi) is 5.07. The lowest BCUT2D eigenvalue weighted by Gasteiger charge is -2.50. The van der Waals surface area contributed by atoms with Gasteiger partial charge >= 0.3 is 0 Å². The summed E-state index contributed by atoms with van der Waals surface area (Å²) in [7, 11) is 6.48. The first-order valence-corrected chi connectivity index (χ1v) is 7.98. The van der Waals surface area contributed by atoms with Crippen molar-refractivity contribution in [1.29, 1.82) is 0 Å². The fourth-order valence-electron chi connectivity index (χ4n) is 3.22. The van der Waals surface area contributed by atoms with E-state index in [1.165, 1.54) is 24.8 Å². The second-order valence-corrected chi connectivity index (χ2v) is 6.98. The van der Waals surface area contributed by atoms with Crippen molar-refractivity contribution in [3.05, 3.63) is 35.4 Å². The Bertz CT molecular complexity index is 451. The Morgan fingerprint density at radius 3 is 2.14 bits per heavy atom. The van der Waals surface area contributed by atoms with E-state index < -0.39 is 6.10 Å². The van der Waals surface area contributed by atoms with Crippen LogP contribution < -0.4 is 0 Å². The first-order valence-electron chi connectivity index (χ1n) is 7.98. The molecule has 118 valence electrons. The summed E-state index contributed by atoms with van der Waals surface area (Å²) in [5.41, 5.74) is 2.54. The predicted octanol–water partition coefficient (Wildman–Crippen LogP) is 2.83. The van der Waals surface area contributed by atoms with Crippen LogP contribution in [0.3, 0.4) is 0 Å². The van der Waals surface area contributed by atoms with Crippen molar-refractivity contribution >= 4 is 0 Å². The summed E-state index contributed by atoms with van der Waals surface area (Å²) in [5, 5.41) is 10.6. The average Bonchev–Trinajstić information content (AvgIpc) is 2.41. The Labute approximate surface area is 129 Å². The topological polar surface area (TPSA) is 26.7 Å². The highest BCUT2D eigenvalue weighted by Crippen LogP contribution is 2.37. The molecule has 1 fully saturated rings. The van der Waals surface area contributed by atoms with Crippen LogP contribution in [0.1, 0.15) is 43.4 Å². The Balaban J connectivity index is 2.01. The molecule has 1 saturated carbocycles. The minimum absolute atomic E-state index is 0.116. The van der Waals surface area contributed by atoms with Gasteiger partial charge in [-0.3, -0.25) is 4.90 Å². The van der Waals surface area contributed by atoms with Gasteiger partial charge in [0.2, 0.25) is 0 Å². The highest BCUT2D eigenvalue weighted by Gasteiger charge is 2.41. The van der Waals surface area contributed by atoms with Gasteiger partial charge in [-0.05, 0) is 59.8 Å². The molecular formula is C18H30N2O. The van der Waals surface area contributed by atoms with Crippen molar-refractivity contribution in [2.45, 2.75) is 50.8 Å². The second kappa shape index (κ2) is 6.47. The molecule has 3 nitrogen and oxygen atoms in total. The van der Waals surface area contributed by atoms with E-state index >= 15 is 0 Å². The minimum Gasteiger partial charge on any atom is -0.387 e. The van der Waals surface area contributed by atoms with Crippen LogP contribution in [-0.4, -0.2) is 54.2 Å². The number of benzene rings is 1. The van der Waals surface area contributed by atoms with Crippen LogP contribution in [0.25, 0.3) is 0 Å². The number of likely N-dealkylation sites (N-methyl/N-ethyl adjacent to an activating group) is 2. The van der Waals surface area contributed by atoms with Gasteiger partial charge in [-0.2, -0.15) is 0 Å². The van der Waals surface area contributed by atoms with Crippen molar-refractivity contribution in [3.8, 4) is 0 Å². The van der Waals surface area contributed by atoms with E-state index in [0.29, 0.717) is 5.54 Å². The zero-order valence-corrected chi connectivity index (χ0v) is 14.1. The molecule has 0 spiro atoms. The molecule has 2 unspecified atom stereocenters. The third-order valence-electron chi connectivity index (χ3n) is 5.35. The van der Waals surface area contributed by atoms with Crippen LogP contribution in [0.5, 0.6) is 0 Å². The molecule has 1 aliphatic rings. The SMILES string of the molecule is Cc1ccc(C(O)C(C)N(C)CC2(N(C)C)CCC2)cc1. The molecule has 0 aromatic heterocycles. The van der Waals surface area contributed by atoms with Gasteiger partial charge in [-0.25, -0.2) is 0 Å². The average molecular weight is 290 g/mol. The van der Waals surface area contributed by atoms with Gasteiger partial charge in [-0.1, -0.05) is 29.8 Å². The molecule has 2 rings (SSSR count). The van der Waals surface area contributed by atoms with E-state index in [9.17, 15) is 5.11 Å². The maximum atomic E-state index is 10.6. The van der Waals surface area contributed by atoms with Gasteiger partial charge in [0, 0.05) is 18.1 Å². The first kappa shape index (κ1) is 16.5. The number of rotatable bonds is 6. The Hall–Kier alpha value is -0.900. The van der Waals surface area contributed by atoms with Crippen molar-refractivity contribution in [2.24, 2.45) is 0 Å². The van der Waals surface area contributed by atoms with Crippen LogP contribution in [0.15, 0.2) is 24.3 Å². The maximum Gasteiger partial charge on any atom is 0.0942 e. The van der Waals surface area contributed by atoms with E-state index in [1.807, 2.05) is 12.1 Å². The molecule has 1 aliphatic carbocycles. The highest BCUT2D eigenvalue weighted by molar-refractivity contribution is 5.24.